The molecular formula is C13H12Cl2N2O2S. The number of hydrogen-bond acceptors (Lipinski definition) is 5. The summed E-state index contributed by atoms with van der Waals surface area (Å²) in [4.78, 5) is 0. The zero-order valence-corrected chi connectivity index (χ0v) is 13.0. The lowest BCUT2D eigenvalue weighted by Crippen LogP contribution is -1.92. The molecule has 1 aliphatic carbocycles. The van der Waals surface area contributed by atoms with E-state index in [1.807, 2.05) is 24.3 Å². The molecule has 1 aliphatic rings. The maximum Gasteiger partial charge on any atom is 0.276 e. The van der Waals surface area contributed by atoms with Crippen LogP contribution in [0.1, 0.15) is 6.42 Å². The normalized spacial score (nSPS) is 19.9. The number of rotatable bonds is 5. The van der Waals surface area contributed by atoms with Crippen molar-refractivity contribution in [2.75, 3.05) is 12.9 Å². The van der Waals surface area contributed by atoms with Crippen LogP contribution in [0, 0.1) is 5.92 Å². The molecule has 1 saturated carbocycles. The Bertz CT molecular complexity index is 618. The van der Waals surface area contributed by atoms with Gasteiger partial charge >= 0.3 is 0 Å². The molecule has 1 aromatic carbocycles. The van der Waals surface area contributed by atoms with Gasteiger partial charge in [0.15, 0.2) is 0 Å². The molecule has 0 N–H and O–H groups in total. The molecule has 1 atom stereocenters. The van der Waals surface area contributed by atoms with Gasteiger partial charge in [0, 0.05) is 11.7 Å². The average molecular weight is 331 g/mol. The minimum absolute atomic E-state index is 0.289. The Kier molecular flexibility index (Phi) is 3.84. The molecule has 4 nitrogen and oxygen atoms in total. The molecule has 1 fully saturated rings. The average Bonchev–Trinajstić information content (AvgIpc) is 2.87. The summed E-state index contributed by atoms with van der Waals surface area (Å²) in [6, 6.07) is 7.52. The number of aromatic nitrogens is 2. The van der Waals surface area contributed by atoms with E-state index in [1.165, 1.54) is 11.8 Å². The molecule has 0 amide bonds. The van der Waals surface area contributed by atoms with Gasteiger partial charge in [-0.15, -0.1) is 33.4 Å². The second-order valence-corrected chi connectivity index (χ2v) is 7.06. The van der Waals surface area contributed by atoms with Gasteiger partial charge in [0.25, 0.3) is 11.1 Å². The number of nitrogens with zero attached hydrogens (tertiary/aromatic N) is 2. The van der Waals surface area contributed by atoms with Crippen LogP contribution in [0.15, 0.2) is 33.9 Å². The van der Waals surface area contributed by atoms with Crippen molar-refractivity contribution in [1.82, 2.24) is 10.2 Å². The summed E-state index contributed by atoms with van der Waals surface area (Å²) in [6.07, 6.45) is 0.816. The van der Waals surface area contributed by atoms with Gasteiger partial charge in [0.2, 0.25) is 0 Å². The molecule has 20 heavy (non-hydrogen) atoms. The van der Waals surface area contributed by atoms with Crippen molar-refractivity contribution >= 4 is 35.0 Å². The molecular weight excluding hydrogens is 319 g/mol. The van der Waals surface area contributed by atoms with Crippen molar-refractivity contribution in [3.05, 3.63) is 24.3 Å². The predicted molar refractivity (Wildman–Crippen MR) is 79.6 cm³/mol. The highest BCUT2D eigenvalue weighted by Crippen LogP contribution is 2.54. The molecule has 1 aromatic heterocycles. The quantitative estimate of drug-likeness (QED) is 0.611. The number of ether oxygens (including phenoxy) is 1. The van der Waals surface area contributed by atoms with Gasteiger partial charge in [-0.2, -0.15) is 0 Å². The van der Waals surface area contributed by atoms with Crippen LogP contribution in [0.4, 0.5) is 0 Å². The largest absolute Gasteiger partial charge is 0.496 e. The highest BCUT2D eigenvalue weighted by atomic mass is 35.5. The maximum absolute atomic E-state index is 5.98. The molecule has 1 unspecified atom stereocenters. The Morgan fingerprint density at radius 2 is 2.15 bits per heavy atom. The molecule has 0 radical (unpaired) electrons. The van der Waals surface area contributed by atoms with Crippen molar-refractivity contribution in [1.29, 1.82) is 0 Å². The summed E-state index contributed by atoms with van der Waals surface area (Å²) >= 11 is 13.4. The third kappa shape index (κ3) is 2.90. The smallest absolute Gasteiger partial charge is 0.276 e. The van der Waals surface area contributed by atoms with Crippen LogP contribution in [0.3, 0.4) is 0 Å². The first-order chi connectivity index (χ1) is 9.60. The van der Waals surface area contributed by atoms with Crippen LogP contribution in [0.5, 0.6) is 5.75 Å². The van der Waals surface area contributed by atoms with Crippen LogP contribution in [0.2, 0.25) is 0 Å². The van der Waals surface area contributed by atoms with E-state index in [1.54, 1.807) is 7.11 Å². The van der Waals surface area contributed by atoms with E-state index in [9.17, 15) is 0 Å². The molecule has 106 valence electrons. The lowest BCUT2D eigenvalue weighted by atomic mass is 10.2. The number of halogens is 2. The van der Waals surface area contributed by atoms with Gasteiger partial charge in [-0.25, -0.2) is 0 Å². The molecule has 2 aromatic rings. The van der Waals surface area contributed by atoms with E-state index in [4.69, 9.17) is 32.4 Å². The van der Waals surface area contributed by atoms with Gasteiger partial charge in [-0.3, -0.25) is 0 Å². The molecule has 0 saturated heterocycles. The zero-order chi connectivity index (χ0) is 14.2. The van der Waals surface area contributed by atoms with Crippen molar-refractivity contribution in [2.24, 2.45) is 5.92 Å². The number of benzene rings is 1. The lowest BCUT2D eigenvalue weighted by molar-refractivity contribution is 0.411. The van der Waals surface area contributed by atoms with Crippen LogP contribution in [-0.4, -0.2) is 27.4 Å². The number of methoxy groups -OCH3 is 1. The summed E-state index contributed by atoms with van der Waals surface area (Å²) in [5.41, 5.74) is 0.782. The summed E-state index contributed by atoms with van der Waals surface area (Å²) in [6.45, 7) is 0. The molecule has 3 rings (SSSR count). The molecule has 0 aliphatic heterocycles. The predicted octanol–water partition coefficient (Wildman–Crippen LogP) is 4.03. The van der Waals surface area contributed by atoms with E-state index in [2.05, 4.69) is 10.2 Å². The third-order valence-electron chi connectivity index (χ3n) is 3.11. The van der Waals surface area contributed by atoms with E-state index in [0.717, 1.165) is 17.7 Å². The number of alkyl halides is 2. The standard InChI is InChI=1S/C13H12Cl2N2O2S/c1-18-10-5-3-2-4-9(10)11-16-17-12(19-11)20-7-8-6-13(8,14)15/h2-5,8H,6-7H2,1H3. The van der Waals surface area contributed by atoms with Gasteiger partial charge in [0.05, 0.1) is 12.7 Å². The number of hydrogen-bond donors (Lipinski definition) is 0. The third-order valence-corrected chi connectivity index (χ3v) is 5.01. The number of thioether (sulfide) groups is 1. The second-order valence-electron chi connectivity index (χ2n) is 4.55. The first-order valence-electron chi connectivity index (χ1n) is 6.07. The topological polar surface area (TPSA) is 48.2 Å². The molecule has 0 bridgehead atoms. The minimum atomic E-state index is -0.571. The highest BCUT2D eigenvalue weighted by Gasteiger charge is 2.51. The van der Waals surface area contributed by atoms with Crippen molar-refractivity contribution in [3.8, 4) is 17.2 Å². The fraction of sp³-hybridized carbons (Fsp3) is 0.385. The Hall–Kier alpha value is -0.910. The Morgan fingerprint density at radius 1 is 1.40 bits per heavy atom. The summed E-state index contributed by atoms with van der Waals surface area (Å²) in [5.74, 6) is 2.22. The van der Waals surface area contributed by atoms with Gasteiger partial charge in [-0.05, 0) is 18.6 Å². The van der Waals surface area contributed by atoms with Crippen LogP contribution in [-0.2, 0) is 0 Å². The van der Waals surface area contributed by atoms with E-state index in [-0.39, 0.29) is 5.92 Å². The van der Waals surface area contributed by atoms with E-state index < -0.39 is 4.33 Å². The molecule has 1 heterocycles. The number of para-hydroxylation sites is 1. The van der Waals surface area contributed by atoms with E-state index >= 15 is 0 Å². The van der Waals surface area contributed by atoms with Gasteiger partial charge in [-0.1, -0.05) is 23.9 Å². The van der Waals surface area contributed by atoms with Gasteiger partial charge < -0.3 is 9.15 Å². The SMILES string of the molecule is COc1ccccc1-c1nnc(SCC2CC2(Cl)Cl)o1. The van der Waals surface area contributed by atoms with Crippen LogP contribution in [0.25, 0.3) is 11.5 Å². The van der Waals surface area contributed by atoms with Crippen LogP contribution >= 0.6 is 35.0 Å². The monoisotopic (exact) mass is 330 g/mol. The Balaban J connectivity index is 1.70. The summed E-state index contributed by atoms with van der Waals surface area (Å²) < 4.78 is 10.3. The lowest BCUT2D eigenvalue weighted by Gasteiger charge is -2.03. The van der Waals surface area contributed by atoms with Crippen molar-refractivity contribution in [2.45, 2.75) is 16.0 Å². The maximum atomic E-state index is 5.98. The summed E-state index contributed by atoms with van der Waals surface area (Å²) in [5, 5.41) is 8.58. The fourth-order valence-corrected chi connectivity index (χ4v) is 3.51. The zero-order valence-electron chi connectivity index (χ0n) is 10.7. The fourth-order valence-electron chi connectivity index (χ4n) is 1.82. The first-order valence-corrected chi connectivity index (χ1v) is 7.82. The Labute approximate surface area is 130 Å². The van der Waals surface area contributed by atoms with Crippen molar-refractivity contribution in [3.63, 3.8) is 0 Å². The molecule has 0 spiro atoms. The molecule has 7 heteroatoms. The second kappa shape index (κ2) is 5.47. The first kappa shape index (κ1) is 14.0. The minimum Gasteiger partial charge on any atom is -0.496 e. The van der Waals surface area contributed by atoms with Crippen molar-refractivity contribution < 1.29 is 9.15 Å². The van der Waals surface area contributed by atoms with Gasteiger partial charge in [0.1, 0.15) is 10.1 Å². The van der Waals surface area contributed by atoms with E-state index in [0.29, 0.717) is 16.9 Å². The highest BCUT2D eigenvalue weighted by molar-refractivity contribution is 7.99. The van der Waals surface area contributed by atoms with Crippen LogP contribution < -0.4 is 4.74 Å². The summed E-state index contributed by atoms with van der Waals surface area (Å²) in [7, 11) is 1.61. The Morgan fingerprint density at radius 3 is 2.85 bits per heavy atom.